The molecule has 4 heteroatoms. The van der Waals surface area contributed by atoms with Crippen molar-refractivity contribution in [3.05, 3.63) is 35.4 Å². The van der Waals surface area contributed by atoms with Crippen LogP contribution in [0.4, 0.5) is 0 Å². The van der Waals surface area contributed by atoms with E-state index in [1.807, 2.05) is 0 Å². The molecule has 0 amide bonds. The van der Waals surface area contributed by atoms with Crippen molar-refractivity contribution in [2.24, 2.45) is 0 Å². The van der Waals surface area contributed by atoms with Crippen molar-refractivity contribution < 1.29 is 9.47 Å². The van der Waals surface area contributed by atoms with Crippen LogP contribution >= 0.6 is 31.9 Å². The van der Waals surface area contributed by atoms with Crippen molar-refractivity contribution in [3.8, 4) is 11.5 Å². The molecule has 0 aromatic heterocycles. The maximum atomic E-state index is 6.36. The molecule has 2 aromatic rings. The van der Waals surface area contributed by atoms with Crippen molar-refractivity contribution in [1.29, 1.82) is 0 Å². The van der Waals surface area contributed by atoms with Crippen molar-refractivity contribution >= 4 is 42.6 Å². The first kappa shape index (κ1) is 27.5. The van der Waals surface area contributed by atoms with Crippen molar-refractivity contribution in [3.63, 3.8) is 0 Å². The van der Waals surface area contributed by atoms with Gasteiger partial charge in [-0.25, -0.2) is 0 Å². The van der Waals surface area contributed by atoms with Gasteiger partial charge in [-0.15, -0.1) is 0 Å². The van der Waals surface area contributed by atoms with Gasteiger partial charge < -0.3 is 9.47 Å². The second-order valence-corrected chi connectivity index (χ2v) is 9.82. The summed E-state index contributed by atoms with van der Waals surface area (Å²) in [5.74, 6) is 2.02. The summed E-state index contributed by atoms with van der Waals surface area (Å²) in [7, 11) is 0. The van der Waals surface area contributed by atoms with Gasteiger partial charge in [-0.3, -0.25) is 0 Å². The van der Waals surface area contributed by atoms with E-state index in [0.717, 1.165) is 59.0 Å². The number of hydrogen-bond donors (Lipinski definition) is 0. The van der Waals surface area contributed by atoms with Gasteiger partial charge in [0.1, 0.15) is 11.5 Å². The molecule has 0 aliphatic heterocycles. The Hall–Kier alpha value is -0.740. The summed E-state index contributed by atoms with van der Waals surface area (Å²) in [6.07, 6.45) is 15.3. The van der Waals surface area contributed by atoms with Crippen molar-refractivity contribution in [2.45, 2.75) is 102 Å². The molecule has 0 aliphatic rings. The minimum absolute atomic E-state index is 0.777. The highest BCUT2D eigenvalue weighted by Crippen LogP contribution is 2.39. The van der Waals surface area contributed by atoms with Gasteiger partial charge in [0.25, 0.3) is 0 Å². The highest BCUT2D eigenvalue weighted by atomic mass is 79.9. The summed E-state index contributed by atoms with van der Waals surface area (Å²) in [6, 6.07) is 8.77. The van der Waals surface area contributed by atoms with E-state index in [1.165, 1.54) is 75.3 Å². The minimum atomic E-state index is 0.777. The summed E-state index contributed by atoms with van der Waals surface area (Å²) in [5.41, 5.74) is 2.41. The van der Waals surface area contributed by atoms with Crippen molar-refractivity contribution in [2.75, 3.05) is 13.2 Å². The van der Waals surface area contributed by atoms with E-state index in [9.17, 15) is 0 Å². The zero-order valence-corrected chi connectivity index (χ0v) is 23.4. The largest absolute Gasteiger partial charge is 0.493 e. The lowest BCUT2D eigenvalue weighted by atomic mass is 10.0. The Morgan fingerprint density at radius 3 is 1.28 bits per heavy atom. The van der Waals surface area contributed by atoms with Crippen LogP contribution < -0.4 is 9.47 Å². The lowest BCUT2D eigenvalue weighted by Crippen LogP contribution is -2.03. The van der Waals surface area contributed by atoms with Gasteiger partial charge >= 0.3 is 0 Å². The Morgan fingerprint density at radius 2 is 0.906 bits per heavy atom. The Morgan fingerprint density at radius 1 is 0.531 bits per heavy atom. The summed E-state index contributed by atoms with van der Waals surface area (Å²) >= 11 is 7.30. The van der Waals surface area contributed by atoms with Crippen LogP contribution in [0.15, 0.2) is 24.3 Å². The maximum absolute atomic E-state index is 6.36. The van der Waals surface area contributed by atoms with Crippen LogP contribution in [-0.4, -0.2) is 13.2 Å². The lowest BCUT2D eigenvalue weighted by molar-refractivity contribution is 0.302. The van der Waals surface area contributed by atoms with Gasteiger partial charge in [-0.1, -0.05) is 134 Å². The fourth-order valence-corrected chi connectivity index (χ4v) is 4.99. The third kappa shape index (κ3) is 8.89. The molecule has 2 rings (SSSR count). The van der Waals surface area contributed by atoms with Crippen LogP contribution in [0.2, 0.25) is 0 Å². The molecule has 0 atom stereocenters. The zero-order chi connectivity index (χ0) is 23.0. The molecule has 0 aliphatic carbocycles. The van der Waals surface area contributed by atoms with Gasteiger partial charge in [-0.2, -0.15) is 0 Å². The molecule has 0 fully saturated rings. The Balaban J connectivity index is 2.07. The van der Waals surface area contributed by atoms with Crippen LogP contribution in [0.3, 0.4) is 0 Å². The molecule has 0 unspecified atom stereocenters. The van der Waals surface area contributed by atoms with E-state index in [0.29, 0.717) is 0 Å². The van der Waals surface area contributed by atoms with E-state index in [4.69, 9.17) is 9.47 Å². The molecule has 2 aromatic carbocycles. The fraction of sp³-hybridized carbons (Fsp3) is 0.643. The number of halogens is 2. The standard InChI is InChI=1S/C28H42Br2O2/c1-3-5-7-9-11-13-19-31-27-23(21-29)15-18-26-25(27)17-16-24(22-30)28(26)32-20-14-12-10-8-6-4-2/h15-18H,3-14,19-22H2,1-2H3. The van der Waals surface area contributed by atoms with Gasteiger partial charge in [0.05, 0.1) is 13.2 Å². The second kappa shape index (κ2) is 16.8. The molecule has 0 bridgehead atoms. The number of rotatable bonds is 18. The number of unbranched alkanes of at least 4 members (excludes halogenated alkanes) is 10. The minimum Gasteiger partial charge on any atom is -0.493 e. The fourth-order valence-electron chi connectivity index (χ4n) is 4.11. The first-order chi connectivity index (χ1) is 15.8. The highest BCUT2D eigenvalue weighted by molar-refractivity contribution is 9.08. The molecular formula is C28H42Br2O2. The summed E-state index contributed by atoms with van der Waals surface area (Å²) in [6.45, 7) is 6.08. The van der Waals surface area contributed by atoms with Crippen molar-refractivity contribution in [1.82, 2.24) is 0 Å². The number of hydrogen-bond acceptors (Lipinski definition) is 2. The van der Waals surface area contributed by atoms with Crippen LogP contribution in [-0.2, 0) is 10.7 Å². The molecular weight excluding hydrogens is 528 g/mol. The van der Waals surface area contributed by atoms with Crippen LogP contribution in [0.5, 0.6) is 11.5 Å². The highest BCUT2D eigenvalue weighted by Gasteiger charge is 2.15. The third-order valence-corrected chi connectivity index (χ3v) is 7.25. The molecule has 0 saturated carbocycles. The Kier molecular flexibility index (Phi) is 14.4. The number of ether oxygens (including phenoxy) is 2. The van der Waals surface area contributed by atoms with Crippen LogP contribution in [0, 0.1) is 0 Å². The Bertz CT molecular complexity index is 710. The van der Waals surface area contributed by atoms with E-state index in [2.05, 4.69) is 70.0 Å². The third-order valence-electron chi connectivity index (χ3n) is 6.04. The lowest BCUT2D eigenvalue weighted by Gasteiger charge is -2.18. The molecule has 0 spiro atoms. The Labute approximate surface area is 213 Å². The van der Waals surface area contributed by atoms with Gasteiger partial charge in [0.2, 0.25) is 0 Å². The molecule has 0 N–H and O–H groups in total. The van der Waals surface area contributed by atoms with Crippen LogP contribution in [0.1, 0.15) is 102 Å². The SMILES string of the molecule is CCCCCCCCOc1c(CBr)ccc2c(OCCCCCCCC)c(CBr)ccc12. The molecule has 32 heavy (non-hydrogen) atoms. The average molecular weight is 570 g/mol. The predicted molar refractivity (Wildman–Crippen MR) is 147 cm³/mol. The quantitative estimate of drug-likeness (QED) is 0.131. The average Bonchev–Trinajstić information content (AvgIpc) is 2.82. The number of benzene rings is 2. The van der Waals surface area contributed by atoms with E-state index < -0.39 is 0 Å². The van der Waals surface area contributed by atoms with Gasteiger partial charge in [-0.05, 0) is 12.8 Å². The first-order valence-electron chi connectivity index (χ1n) is 12.7. The maximum Gasteiger partial charge on any atom is 0.131 e. The summed E-state index contributed by atoms with van der Waals surface area (Å²) < 4.78 is 12.7. The van der Waals surface area contributed by atoms with E-state index in [1.54, 1.807) is 0 Å². The molecule has 180 valence electrons. The smallest absolute Gasteiger partial charge is 0.131 e. The molecule has 2 nitrogen and oxygen atoms in total. The van der Waals surface area contributed by atoms with E-state index in [-0.39, 0.29) is 0 Å². The van der Waals surface area contributed by atoms with Gasteiger partial charge in [0.15, 0.2) is 0 Å². The number of fused-ring (bicyclic) bond motifs is 1. The first-order valence-corrected chi connectivity index (χ1v) is 15.0. The summed E-state index contributed by atoms with van der Waals surface area (Å²) in [5, 5.41) is 3.91. The van der Waals surface area contributed by atoms with Gasteiger partial charge in [0, 0.05) is 32.6 Å². The topological polar surface area (TPSA) is 18.5 Å². The molecule has 0 heterocycles. The number of alkyl halides is 2. The monoisotopic (exact) mass is 568 g/mol. The van der Waals surface area contributed by atoms with Crippen LogP contribution in [0.25, 0.3) is 10.8 Å². The summed E-state index contributed by atoms with van der Waals surface area (Å²) in [4.78, 5) is 0. The second-order valence-electron chi connectivity index (χ2n) is 8.70. The van der Waals surface area contributed by atoms with E-state index >= 15 is 0 Å². The predicted octanol–water partition coefficient (Wildman–Crippen LogP) is 10.1. The molecule has 0 saturated heterocycles. The normalized spacial score (nSPS) is 11.2. The molecule has 0 radical (unpaired) electrons. The zero-order valence-electron chi connectivity index (χ0n) is 20.2.